The first-order chi connectivity index (χ1) is 9.51. The van der Waals surface area contributed by atoms with Gasteiger partial charge in [0, 0.05) is 24.5 Å². The van der Waals surface area contributed by atoms with Gasteiger partial charge in [0.05, 0.1) is 6.20 Å². The highest BCUT2D eigenvalue weighted by molar-refractivity contribution is 7.92. The number of anilines is 1. The summed E-state index contributed by atoms with van der Waals surface area (Å²) in [6, 6.07) is 6.55. The normalized spacial score (nSPS) is 10.7. The summed E-state index contributed by atoms with van der Waals surface area (Å²) in [7, 11) is -1.99. The number of aryl methyl sites for hydroxylation is 1. The van der Waals surface area contributed by atoms with Crippen LogP contribution >= 0.6 is 0 Å². The average molecular weight is 291 g/mol. The van der Waals surface area contributed by atoms with E-state index in [9.17, 15) is 8.42 Å². The number of nitrogens with zero attached hydrogens (tertiary/aromatic N) is 2. The fourth-order valence-electron chi connectivity index (χ4n) is 1.51. The highest BCUT2D eigenvalue weighted by atomic mass is 32.2. The number of aliphatic hydroxyl groups excluding tert-OH is 1. The van der Waals surface area contributed by atoms with E-state index in [1.807, 2.05) is 0 Å². The van der Waals surface area contributed by atoms with E-state index in [1.54, 1.807) is 31.3 Å². The third kappa shape index (κ3) is 3.38. The van der Waals surface area contributed by atoms with E-state index in [1.165, 1.54) is 17.1 Å². The lowest BCUT2D eigenvalue weighted by Gasteiger charge is -2.05. The third-order valence-electron chi connectivity index (χ3n) is 2.44. The molecule has 0 saturated carbocycles. The second-order valence-corrected chi connectivity index (χ2v) is 5.67. The molecule has 1 aromatic carbocycles. The van der Waals surface area contributed by atoms with Crippen molar-refractivity contribution < 1.29 is 13.5 Å². The van der Waals surface area contributed by atoms with Crippen LogP contribution in [0.15, 0.2) is 41.6 Å². The maximum Gasteiger partial charge on any atom is 0.265 e. The van der Waals surface area contributed by atoms with Crippen LogP contribution in [0.3, 0.4) is 0 Å². The average Bonchev–Trinajstić information content (AvgIpc) is 2.85. The van der Waals surface area contributed by atoms with E-state index < -0.39 is 10.0 Å². The molecule has 2 aromatic rings. The molecule has 0 saturated heterocycles. The number of rotatable bonds is 3. The number of aliphatic hydroxyl groups is 1. The Bertz CT molecular complexity index is 752. The predicted octanol–water partition coefficient (Wildman–Crippen LogP) is 0.565. The van der Waals surface area contributed by atoms with Crippen molar-refractivity contribution in [2.75, 3.05) is 11.3 Å². The lowest BCUT2D eigenvalue weighted by Crippen LogP contribution is -2.12. The van der Waals surface area contributed by atoms with Crippen LogP contribution < -0.4 is 4.72 Å². The summed E-state index contributed by atoms with van der Waals surface area (Å²) in [6.45, 7) is -0.213. The van der Waals surface area contributed by atoms with Crippen molar-refractivity contribution in [2.24, 2.45) is 7.05 Å². The molecular weight excluding hydrogens is 278 g/mol. The summed E-state index contributed by atoms with van der Waals surface area (Å²) >= 11 is 0. The Morgan fingerprint density at radius 1 is 1.35 bits per heavy atom. The molecule has 20 heavy (non-hydrogen) atoms. The molecule has 0 spiro atoms. The molecule has 6 nitrogen and oxygen atoms in total. The fourth-order valence-corrected chi connectivity index (χ4v) is 2.56. The van der Waals surface area contributed by atoms with Gasteiger partial charge in [0.1, 0.15) is 11.5 Å². The van der Waals surface area contributed by atoms with Gasteiger partial charge in [-0.3, -0.25) is 9.40 Å². The Hall–Kier alpha value is -2.30. The zero-order chi connectivity index (χ0) is 14.6. The minimum atomic E-state index is -3.63. The number of benzene rings is 1. The minimum absolute atomic E-state index is 0.101. The minimum Gasteiger partial charge on any atom is -0.384 e. The first kappa shape index (κ1) is 14.1. The van der Waals surface area contributed by atoms with E-state index in [-0.39, 0.29) is 11.5 Å². The topological polar surface area (TPSA) is 84.2 Å². The SMILES string of the molecule is Cn1cc(S(=O)(=O)Nc2ccc(C#CCO)cc2)cn1. The van der Waals surface area contributed by atoms with Crippen molar-refractivity contribution in [1.82, 2.24) is 9.78 Å². The number of hydrogen-bond acceptors (Lipinski definition) is 4. The molecule has 0 aliphatic carbocycles. The van der Waals surface area contributed by atoms with Crippen LogP contribution in [0.4, 0.5) is 5.69 Å². The van der Waals surface area contributed by atoms with E-state index in [2.05, 4.69) is 21.7 Å². The van der Waals surface area contributed by atoms with Crippen LogP contribution in [0, 0.1) is 11.8 Å². The summed E-state index contributed by atoms with van der Waals surface area (Å²) in [5, 5.41) is 12.4. The molecule has 0 aliphatic heterocycles. The molecule has 0 atom stereocenters. The zero-order valence-electron chi connectivity index (χ0n) is 10.7. The summed E-state index contributed by atoms with van der Waals surface area (Å²) < 4.78 is 28.0. The van der Waals surface area contributed by atoms with Crippen molar-refractivity contribution in [3.63, 3.8) is 0 Å². The molecule has 0 amide bonds. The molecule has 2 rings (SSSR count). The Kier molecular flexibility index (Phi) is 4.08. The maximum absolute atomic E-state index is 12.0. The number of nitrogens with one attached hydrogen (secondary N) is 1. The van der Waals surface area contributed by atoms with Gasteiger partial charge >= 0.3 is 0 Å². The Morgan fingerprint density at radius 3 is 2.60 bits per heavy atom. The number of hydrogen-bond donors (Lipinski definition) is 2. The fraction of sp³-hybridized carbons (Fsp3) is 0.154. The molecule has 0 bridgehead atoms. The van der Waals surface area contributed by atoms with Crippen LogP contribution in [-0.2, 0) is 17.1 Å². The largest absolute Gasteiger partial charge is 0.384 e. The molecule has 0 radical (unpaired) electrons. The van der Waals surface area contributed by atoms with Crippen molar-refractivity contribution in [3.8, 4) is 11.8 Å². The van der Waals surface area contributed by atoms with Crippen molar-refractivity contribution in [3.05, 3.63) is 42.2 Å². The predicted molar refractivity (Wildman–Crippen MR) is 74.4 cm³/mol. The van der Waals surface area contributed by atoms with Crippen LogP contribution in [0.5, 0.6) is 0 Å². The van der Waals surface area contributed by atoms with E-state index >= 15 is 0 Å². The number of aromatic nitrogens is 2. The molecule has 1 aromatic heterocycles. The van der Waals surface area contributed by atoms with Gasteiger partial charge in [-0.1, -0.05) is 11.8 Å². The van der Waals surface area contributed by atoms with Gasteiger partial charge in [-0.2, -0.15) is 5.10 Å². The molecule has 104 valence electrons. The van der Waals surface area contributed by atoms with E-state index in [4.69, 9.17) is 5.11 Å². The van der Waals surface area contributed by atoms with Gasteiger partial charge in [0.15, 0.2) is 0 Å². The number of sulfonamides is 1. The van der Waals surface area contributed by atoms with Crippen LogP contribution in [0.2, 0.25) is 0 Å². The van der Waals surface area contributed by atoms with Gasteiger partial charge in [-0.05, 0) is 24.3 Å². The summed E-state index contributed by atoms with van der Waals surface area (Å²) in [5.74, 6) is 5.25. The van der Waals surface area contributed by atoms with Gasteiger partial charge in [-0.15, -0.1) is 0 Å². The summed E-state index contributed by atoms with van der Waals surface area (Å²) in [5.41, 5.74) is 1.13. The highest BCUT2D eigenvalue weighted by Crippen LogP contribution is 2.15. The maximum atomic E-state index is 12.0. The van der Waals surface area contributed by atoms with Gasteiger partial charge in [0.25, 0.3) is 10.0 Å². The second kappa shape index (κ2) is 5.77. The molecule has 0 unspecified atom stereocenters. The first-order valence-electron chi connectivity index (χ1n) is 5.72. The van der Waals surface area contributed by atoms with Gasteiger partial charge in [0.2, 0.25) is 0 Å². The molecule has 2 N–H and O–H groups in total. The third-order valence-corrected chi connectivity index (χ3v) is 3.78. The lowest BCUT2D eigenvalue weighted by molar-refractivity contribution is 0.350. The molecule has 1 heterocycles. The summed E-state index contributed by atoms with van der Waals surface area (Å²) in [6.07, 6.45) is 2.70. The molecular formula is C13H13N3O3S. The van der Waals surface area contributed by atoms with Crippen LogP contribution in [0.1, 0.15) is 5.56 Å². The van der Waals surface area contributed by atoms with Crippen LogP contribution in [-0.4, -0.2) is 29.9 Å². The van der Waals surface area contributed by atoms with E-state index in [0.717, 1.165) is 0 Å². The molecule has 7 heteroatoms. The van der Waals surface area contributed by atoms with Gasteiger partial charge in [-0.25, -0.2) is 8.42 Å². The van der Waals surface area contributed by atoms with Crippen molar-refractivity contribution in [1.29, 1.82) is 0 Å². The second-order valence-electron chi connectivity index (χ2n) is 3.99. The lowest BCUT2D eigenvalue weighted by atomic mass is 10.2. The Labute approximate surface area is 117 Å². The van der Waals surface area contributed by atoms with E-state index in [0.29, 0.717) is 11.3 Å². The van der Waals surface area contributed by atoms with Crippen LogP contribution in [0.25, 0.3) is 0 Å². The first-order valence-corrected chi connectivity index (χ1v) is 7.21. The monoisotopic (exact) mass is 291 g/mol. The Balaban J connectivity index is 2.17. The van der Waals surface area contributed by atoms with Crippen molar-refractivity contribution >= 4 is 15.7 Å². The summed E-state index contributed by atoms with van der Waals surface area (Å²) in [4.78, 5) is 0.101. The van der Waals surface area contributed by atoms with Gasteiger partial charge < -0.3 is 5.11 Å². The smallest absolute Gasteiger partial charge is 0.265 e. The zero-order valence-corrected chi connectivity index (χ0v) is 11.6. The standard InChI is InChI=1S/C13H13N3O3S/c1-16-10-13(9-14-16)20(18,19)15-12-6-4-11(5-7-12)3-2-8-17/h4-7,9-10,15,17H,8H2,1H3. The quantitative estimate of drug-likeness (QED) is 0.810. The highest BCUT2D eigenvalue weighted by Gasteiger charge is 2.15. The Morgan fingerprint density at radius 2 is 2.05 bits per heavy atom. The molecule has 0 fully saturated rings. The molecule has 0 aliphatic rings. The van der Waals surface area contributed by atoms with Crippen molar-refractivity contribution in [2.45, 2.75) is 4.90 Å².